The van der Waals surface area contributed by atoms with Crippen LogP contribution in [0.15, 0.2) is 48.5 Å². The molecule has 1 heterocycles. The number of pyridine rings is 1. The van der Waals surface area contributed by atoms with Crippen LogP contribution in [-0.2, 0) is 4.79 Å². The predicted octanol–water partition coefficient (Wildman–Crippen LogP) is 2.56. The SMILES string of the molecule is COc1cccc(Oc2ccc3nc(C(=O)NCC(=O)O)c(O)cc3c2)c1. The summed E-state index contributed by atoms with van der Waals surface area (Å²) in [7, 11) is 1.56. The Morgan fingerprint density at radius 3 is 2.56 bits per heavy atom. The molecule has 0 unspecified atom stereocenters. The van der Waals surface area contributed by atoms with Gasteiger partial charge >= 0.3 is 5.97 Å². The zero-order chi connectivity index (χ0) is 19.4. The van der Waals surface area contributed by atoms with Gasteiger partial charge in [-0.1, -0.05) is 6.07 Å². The second-order valence-corrected chi connectivity index (χ2v) is 5.57. The molecular weight excluding hydrogens is 352 g/mol. The van der Waals surface area contributed by atoms with E-state index in [1.807, 2.05) is 0 Å². The number of methoxy groups -OCH3 is 1. The molecule has 3 N–H and O–H groups in total. The van der Waals surface area contributed by atoms with Gasteiger partial charge in [-0.3, -0.25) is 9.59 Å². The number of fused-ring (bicyclic) bond motifs is 1. The molecule has 8 nitrogen and oxygen atoms in total. The molecule has 0 saturated carbocycles. The van der Waals surface area contributed by atoms with Crippen molar-refractivity contribution < 1.29 is 29.3 Å². The topological polar surface area (TPSA) is 118 Å². The quantitative estimate of drug-likeness (QED) is 0.612. The second kappa shape index (κ2) is 7.61. The Kier molecular flexibility index (Phi) is 5.07. The van der Waals surface area contributed by atoms with Gasteiger partial charge in [-0.2, -0.15) is 0 Å². The monoisotopic (exact) mass is 368 g/mol. The first-order chi connectivity index (χ1) is 13.0. The molecule has 0 atom stereocenters. The number of carboxylic acid groups (broad SMARTS) is 1. The Balaban J connectivity index is 1.86. The zero-order valence-corrected chi connectivity index (χ0v) is 14.3. The number of benzene rings is 2. The molecule has 0 bridgehead atoms. The molecule has 8 heteroatoms. The molecular formula is C19H16N2O6. The van der Waals surface area contributed by atoms with Crippen molar-refractivity contribution in [2.75, 3.05) is 13.7 Å². The number of carboxylic acids is 1. The van der Waals surface area contributed by atoms with E-state index in [0.717, 1.165) is 0 Å². The van der Waals surface area contributed by atoms with Crippen molar-refractivity contribution in [1.29, 1.82) is 0 Å². The number of nitrogens with zero attached hydrogens (tertiary/aromatic N) is 1. The molecule has 3 rings (SSSR count). The van der Waals surface area contributed by atoms with Crippen LogP contribution in [0.5, 0.6) is 23.0 Å². The van der Waals surface area contributed by atoms with Gasteiger partial charge in [0.15, 0.2) is 5.69 Å². The normalized spacial score (nSPS) is 10.4. The van der Waals surface area contributed by atoms with Crippen molar-refractivity contribution >= 4 is 22.8 Å². The second-order valence-electron chi connectivity index (χ2n) is 5.57. The van der Waals surface area contributed by atoms with Crippen molar-refractivity contribution in [3.05, 3.63) is 54.2 Å². The molecule has 0 aliphatic heterocycles. The van der Waals surface area contributed by atoms with Crippen LogP contribution in [0.4, 0.5) is 0 Å². The van der Waals surface area contributed by atoms with Crippen LogP contribution in [0.2, 0.25) is 0 Å². The van der Waals surface area contributed by atoms with Gasteiger partial charge < -0.3 is 25.0 Å². The number of rotatable bonds is 6. The smallest absolute Gasteiger partial charge is 0.322 e. The van der Waals surface area contributed by atoms with Gasteiger partial charge in [0.1, 0.15) is 29.5 Å². The van der Waals surface area contributed by atoms with Crippen LogP contribution in [0.1, 0.15) is 10.5 Å². The van der Waals surface area contributed by atoms with E-state index >= 15 is 0 Å². The standard InChI is InChI=1S/C19H16N2O6/c1-26-12-3-2-4-13(9-12)27-14-5-6-15-11(7-14)8-16(22)18(21-15)19(25)20-10-17(23)24/h2-9,22H,10H2,1H3,(H,20,25)(H,23,24). The van der Waals surface area contributed by atoms with Gasteiger partial charge in [-0.05, 0) is 36.4 Å². The minimum atomic E-state index is -1.19. The lowest BCUT2D eigenvalue weighted by Crippen LogP contribution is -2.29. The lowest BCUT2D eigenvalue weighted by Gasteiger charge is -2.09. The average molecular weight is 368 g/mol. The number of nitrogens with one attached hydrogen (secondary N) is 1. The van der Waals surface area contributed by atoms with Crippen molar-refractivity contribution in [2.24, 2.45) is 0 Å². The first-order valence-corrected chi connectivity index (χ1v) is 7.92. The third-order valence-electron chi connectivity index (χ3n) is 3.66. The lowest BCUT2D eigenvalue weighted by atomic mass is 10.1. The summed E-state index contributed by atoms with van der Waals surface area (Å²) in [6, 6.07) is 13.4. The third-order valence-corrected chi connectivity index (χ3v) is 3.66. The van der Waals surface area contributed by atoms with Crippen molar-refractivity contribution in [3.63, 3.8) is 0 Å². The van der Waals surface area contributed by atoms with Gasteiger partial charge in [0, 0.05) is 11.5 Å². The first kappa shape index (κ1) is 18.0. The summed E-state index contributed by atoms with van der Waals surface area (Å²) >= 11 is 0. The van der Waals surface area contributed by atoms with Crippen LogP contribution < -0.4 is 14.8 Å². The molecule has 0 saturated heterocycles. The summed E-state index contributed by atoms with van der Waals surface area (Å²) < 4.78 is 10.9. The van der Waals surface area contributed by atoms with Crippen molar-refractivity contribution in [2.45, 2.75) is 0 Å². The van der Waals surface area contributed by atoms with Gasteiger partial charge in [-0.25, -0.2) is 4.98 Å². The fourth-order valence-corrected chi connectivity index (χ4v) is 2.41. The maximum atomic E-state index is 11.9. The van der Waals surface area contributed by atoms with E-state index in [9.17, 15) is 14.7 Å². The summed E-state index contributed by atoms with van der Waals surface area (Å²) in [6.45, 7) is -0.564. The number of hydrogen-bond acceptors (Lipinski definition) is 6. The molecule has 0 radical (unpaired) electrons. The Bertz CT molecular complexity index is 1020. The van der Waals surface area contributed by atoms with E-state index in [2.05, 4.69) is 10.3 Å². The molecule has 138 valence electrons. The Morgan fingerprint density at radius 1 is 1.07 bits per heavy atom. The molecule has 0 spiro atoms. The minimum absolute atomic E-state index is 0.245. The van der Waals surface area contributed by atoms with E-state index in [1.165, 1.54) is 6.07 Å². The van der Waals surface area contributed by atoms with Crippen LogP contribution in [-0.4, -0.2) is 40.7 Å². The molecule has 2 aromatic carbocycles. The van der Waals surface area contributed by atoms with E-state index in [1.54, 1.807) is 49.6 Å². The van der Waals surface area contributed by atoms with Gasteiger partial charge in [0.25, 0.3) is 5.91 Å². The van der Waals surface area contributed by atoms with Gasteiger partial charge in [0.05, 0.1) is 12.6 Å². The summed E-state index contributed by atoms with van der Waals surface area (Å²) in [4.78, 5) is 26.6. The van der Waals surface area contributed by atoms with E-state index < -0.39 is 18.4 Å². The van der Waals surface area contributed by atoms with E-state index in [4.69, 9.17) is 14.6 Å². The zero-order valence-electron chi connectivity index (χ0n) is 14.3. The maximum Gasteiger partial charge on any atom is 0.322 e. The van der Waals surface area contributed by atoms with Crippen LogP contribution in [0.25, 0.3) is 10.9 Å². The van der Waals surface area contributed by atoms with Crippen molar-refractivity contribution in [1.82, 2.24) is 10.3 Å². The number of amides is 1. The summed E-state index contributed by atoms with van der Waals surface area (Å²) in [5.41, 5.74) is 0.205. The highest BCUT2D eigenvalue weighted by molar-refractivity contribution is 5.99. The number of carbonyl (C=O) groups excluding carboxylic acids is 1. The molecule has 0 aliphatic carbocycles. The van der Waals surface area contributed by atoms with Gasteiger partial charge in [-0.15, -0.1) is 0 Å². The molecule has 1 aromatic heterocycles. The largest absolute Gasteiger partial charge is 0.505 e. The van der Waals surface area contributed by atoms with Crippen LogP contribution in [0.3, 0.4) is 0 Å². The average Bonchev–Trinajstić information content (AvgIpc) is 2.65. The highest BCUT2D eigenvalue weighted by atomic mass is 16.5. The number of aliphatic carboxylic acids is 1. The number of aromatic nitrogens is 1. The molecule has 0 aliphatic rings. The van der Waals surface area contributed by atoms with Crippen LogP contribution >= 0.6 is 0 Å². The number of ether oxygens (including phenoxy) is 2. The van der Waals surface area contributed by atoms with E-state index in [-0.39, 0.29) is 11.4 Å². The Morgan fingerprint density at radius 2 is 1.81 bits per heavy atom. The highest BCUT2D eigenvalue weighted by Gasteiger charge is 2.15. The Hall–Kier alpha value is -3.81. The third kappa shape index (κ3) is 4.24. The molecule has 0 fully saturated rings. The number of aromatic hydroxyl groups is 1. The molecule has 3 aromatic rings. The fraction of sp³-hybridized carbons (Fsp3) is 0.105. The van der Waals surface area contributed by atoms with Gasteiger partial charge in [0.2, 0.25) is 0 Å². The molecule has 1 amide bonds. The molecule has 27 heavy (non-hydrogen) atoms. The number of hydrogen-bond donors (Lipinski definition) is 3. The summed E-state index contributed by atoms with van der Waals surface area (Å²) in [6.07, 6.45) is 0. The minimum Gasteiger partial charge on any atom is -0.505 e. The van der Waals surface area contributed by atoms with Crippen molar-refractivity contribution in [3.8, 4) is 23.0 Å². The van der Waals surface area contributed by atoms with E-state index in [0.29, 0.717) is 28.2 Å². The first-order valence-electron chi connectivity index (χ1n) is 7.92. The fourth-order valence-electron chi connectivity index (χ4n) is 2.41. The van der Waals surface area contributed by atoms with Crippen LogP contribution in [0, 0.1) is 0 Å². The predicted molar refractivity (Wildman–Crippen MR) is 96.4 cm³/mol. The maximum absolute atomic E-state index is 11.9. The highest BCUT2D eigenvalue weighted by Crippen LogP contribution is 2.29. The number of carbonyl (C=O) groups is 2. The summed E-state index contributed by atoms with van der Waals surface area (Å²) in [5.74, 6) is -0.569. The lowest BCUT2D eigenvalue weighted by molar-refractivity contribution is -0.135. The Labute approximate surface area is 154 Å². The summed E-state index contributed by atoms with van der Waals surface area (Å²) in [5, 5.41) is 21.4.